The minimum atomic E-state index is -1.14. The molecular formula is C27H29N3O5. The van der Waals surface area contributed by atoms with Crippen molar-refractivity contribution in [3.05, 3.63) is 76.8 Å². The number of ether oxygens (including phenoxy) is 1. The number of nitrogens with one attached hydrogen (secondary N) is 1. The summed E-state index contributed by atoms with van der Waals surface area (Å²) >= 11 is 0. The largest absolute Gasteiger partial charge is 0.477 e. The highest BCUT2D eigenvalue weighted by Crippen LogP contribution is 2.47. The van der Waals surface area contributed by atoms with Crippen LogP contribution in [0.4, 0.5) is 5.69 Å². The number of pyridine rings is 1. The van der Waals surface area contributed by atoms with Gasteiger partial charge in [-0.25, -0.2) is 4.79 Å². The number of amides is 1. The van der Waals surface area contributed by atoms with Gasteiger partial charge in [0.05, 0.1) is 30.8 Å². The first-order chi connectivity index (χ1) is 16.9. The van der Waals surface area contributed by atoms with Crippen LogP contribution >= 0.6 is 0 Å². The van der Waals surface area contributed by atoms with Crippen molar-refractivity contribution in [2.75, 3.05) is 11.9 Å². The van der Waals surface area contributed by atoms with E-state index in [4.69, 9.17) is 4.74 Å². The third kappa shape index (κ3) is 4.02. The standard InChI is InChI=1S/C27H29N3O5/c1-15-20(25(27(33)34)30-24(15)23(16(2)31)26(30)32)14-35-22-10-4-7-18-19(22)8-3-9-21(18)29-13-17-6-5-11-28-12-17/h3-9,11-12,15-16,22-24,29,31H,10,13-14H2,1-2H3,(H,33,34)/t15-,16+,22?,23+,24?/m0/s1. The number of carbonyl (C=O) groups excluding carboxylic acids is 1. The number of carboxylic acid groups (broad SMARTS) is 1. The fourth-order valence-electron chi connectivity index (χ4n) is 5.52. The van der Waals surface area contributed by atoms with E-state index in [1.54, 1.807) is 13.1 Å². The number of rotatable bonds is 8. The Bertz CT molecular complexity index is 1210. The molecule has 1 saturated heterocycles. The number of carboxylic acids is 1. The first-order valence-corrected chi connectivity index (χ1v) is 11.9. The van der Waals surface area contributed by atoms with Crippen molar-refractivity contribution in [3.8, 4) is 0 Å². The van der Waals surface area contributed by atoms with Crippen LogP contribution in [0.1, 0.15) is 43.1 Å². The highest BCUT2D eigenvalue weighted by Gasteiger charge is 2.59. The maximum Gasteiger partial charge on any atom is 0.352 e. The second-order valence-electron chi connectivity index (χ2n) is 9.39. The van der Waals surface area contributed by atoms with Crippen LogP contribution in [-0.4, -0.2) is 50.7 Å². The molecule has 0 spiro atoms. The lowest BCUT2D eigenvalue weighted by atomic mass is 9.78. The molecule has 182 valence electrons. The molecule has 8 heteroatoms. The predicted molar refractivity (Wildman–Crippen MR) is 130 cm³/mol. The van der Waals surface area contributed by atoms with Crippen molar-refractivity contribution in [2.24, 2.45) is 11.8 Å². The van der Waals surface area contributed by atoms with Crippen LogP contribution in [0.15, 0.2) is 60.1 Å². The summed E-state index contributed by atoms with van der Waals surface area (Å²) in [6.45, 7) is 4.24. The summed E-state index contributed by atoms with van der Waals surface area (Å²) in [5.74, 6) is -2.26. The van der Waals surface area contributed by atoms with Crippen molar-refractivity contribution in [2.45, 2.75) is 45.1 Å². The van der Waals surface area contributed by atoms with Gasteiger partial charge in [0.25, 0.3) is 0 Å². The third-order valence-electron chi connectivity index (χ3n) is 7.29. The molecule has 5 atom stereocenters. The number of hydrogen-bond acceptors (Lipinski definition) is 6. The van der Waals surface area contributed by atoms with E-state index in [1.807, 2.05) is 43.5 Å². The molecule has 1 aromatic heterocycles. The van der Waals surface area contributed by atoms with Crippen molar-refractivity contribution in [1.82, 2.24) is 9.88 Å². The number of carbonyl (C=O) groups is 2. The highest BCUT2D eigenvalue weighted by atomic mass is 16.5. The molecule has 3 N–H and O–H groups in total. The Kier molecular flexibility index (Phi) is 6.17. The molecule has 8 nitrogen and oxygen atoms in total. The van der Waals surface area contributed by atoms with Gasteiger partial charge < -0.3 is 25.2 Å². The maximum atomic E-state index is 12.6. The molecule has 2 aromatic rings. The molecule has 35 heavy (non-hydrogen) atoms. The van der Waals surface area contributed by atoms with E-state index in [1.165, 1.54) is 4.90 Å². The number of aromatic nitrogens is 1. The van der Waals surface area contributed by atoms with E-state index < -0.39 is 18.0 Å². The number of anilines is 1. The Hall–Kier alpha value is -3.49. The summed E-state index contributed by atoms with van der Waals surface area (Å²) < 4.78 is 6.31. The third-order valence-corrected chi connectivity index (χ3v) is 7.29. The Balaban J connectivity index is 1.34. The van der Waals surface area contributed by atoms with Crippen LogP contribution in [0.2, 0.25) is 0 Å². The lowest BCUT2D eigenvalue weighted by Gasteiger charge is -2.46. The van der Waals surface area contributed by atoms with E-state index in [2.05, 4.69) is 22.5 Å². The van der Waals surface area contributed by atoms with E-state index in [0.29, 0.717) is 18.5 Å². The number of benzene rings is 1. The quantitative estimate of drug-likeness (QED) is 0.502. The summed E-state index contributed by atoms with van der Waals surface area (Å²) in [5.41, 5.74) is 4.75. The van der Waals surface area contributed by atoms with E-state index in [-0.39, 0.29) is 36.3 Å². The average molecular weight is 476 g/mol. The normalized spacial score (nSPS) is 25.7. The first kappa shape index (κ1) is 23.3. The maximum absolute atomic E-state index is 12.6. The molecule has 0 bridgehead atoms. The zero-order chi connectivity index (χ0) is 24.7. The fraction of sp³-hybridized carbons (Fsp3) is 0.370. The molecule has 1 aliphatic carbocycles. The zero-order valence-corrected chi connectivity index (χ0v) is 19.7. The zero-order valence-electron chi connectivity index (χ0n) is 19.7. The molecule has 3 aliphatic rings. The summed E-state index contributed by atoms with van der Waals surface area (Å²) in [5, 5.41) is 23.4. The van der Waals surface area contributed by atoms with Gasteiger partial charge in [-0.15, -0.1) is 0 Å². The average Bonchev–Trinajstić information content (AvgIpc) is 3.09. The van der Waals surface area contributed by atoms with Crippen LogP contribution in [-0.2, 0) is 20.9 Å². The molecule has 1 aromatic carbocycles. The van der Waals surface area contributed by atoms with Crippen LogP contribution in [0.5, 0.6) is 0 Å². The molecule has 1 fully saturated rings. The van der Waals surface area contributed by atoms with Crippen LogP contribution in [0.3, 0.4) is 0 Å². The van der Waals surface area contributed by atoms with Gasteiger partial charge in [0, 0.05) is 36.1 Å². The van der Waals surface area contributed by atoms with Gasteiger partial charge in [0.1, 0.15) is 5.70 Å². The molecule has 2 unspecified atom stereocenters. The SMILES string of the molecule is C[C@H]1C(COC2CC=Cc3c(NCc4cccnc4)cccc32)=C(C(=O)O)N2C(=O)[C@H]([C@@H](C)O)C12. The van der Waals surface area contributed by atoms with Gasteiger partial charge in [-0.2, -0.15) is 0 Å². The van der Waals surface area contributed by atoms with E-state index >= 15 is 0 Å². The number of hydrogen-bond donors (Lipinski definition) is 3. The van der Waals surface area contributed by atoms with Crippen LogP contribution in [0, 0.1) is 11.8 Å². The number of aliphatic hydroxyl groups is 1. The fourth-order valence-corrected chi connectivity index (χ4v) is 5.52. The Labute approximate surface area is 203 Å². The molecular weight excluding hydrogens is 446 g/mol. The van der Waals surface area contributed by atoms with Crippen molar-refractivity contribution >= 4 is 23.6 Å². The van der Waals surface area contributed by atoms with Gasteiger partial charge in [-0.3, -0.25) is 9.78 Å². The molecule has 0 radical (unpaired) electrons. The number of fused-ring (bicyclic) bond motifs is 2. The lowest BCUT2D eigenvalue weighted by Crippen LogP contribution is -2.63. The Morgan fingerprint density at radius 2 is 2.14 bits per heavy atom. The van der Waals surface area contributed by atoms with Gasteiger partial charge in [-0.05, 0) is 42.2 Å². The summed E-state index contributed by atoms with van der Waals surface area (Å²) in [7, 11) is 0. The summed E-state index contributed by atoms with van der Waals surface area (Å²) in [6, 6.07) is 9.63. The van der Waals surface area contributed by atoms with Gasteiger partial charge >= 0.3 is 5.97 Å². The van der Waals surface area contributed by atoms with Crippen LogP contribution < -0.4 is 5.32 Å². The highest BCUT2D eigenvalue weighted by molar-refractivity contribution is 6.00. The number of nitrogens with zero attached hydrogens (tertiary/aromatic N) is 2. The number of β-lactam (4-membered cyclic amide) rings is 1. The lowest BCUT2D eigenvalue weighted by molar-refractivity contribution is -0.163. The monoisotopic (exact) mass is 475 g/mol. The molecule has 2 aliphatic heterocycles. The molecule has 0 saturated carbocycles. The van der Waals surface area contributed by atoms with Crippen LogP contribution in [0.25, 0.3) is 6.08 Å². The van der Waals surface area contributed by atoms with Crippen molar-refractivity contribution in [3.63, 3.8) is 0 Å². The summed E-state index contributed by atoms with van der Waals surface area (Å²) in [4.78, 5) is 30.1. The van der Waals surface area contributed by atoms with Crippen molar-refractivity contribution < 1.29 is 24.5 Å². The Morgan fingerprint density at radius 3 is 2.86 bits per heavy atom. The molecule has 1 amide bonds. The van der Waals surface area contributed by atoms with Gasteiger partial charge in [0.2, 0.25) is 5.91 Å². The smallest absolute Gasteiger partial charge is 0.352 e. The van der Waals surface area contributed by atoms with Gasteiger partial charge in [0.15, 0.2) is 0 Å². The van der Waals surface area contributed by atoms with E-state index in [0.717, 1.165) is 22.4 Å². The van der Waals surface area contributed by atoms with Gasteiger partial charge in [-0.1, -0.05) is 37.3 Å². The second kappa shape index (κ2) is 9.28. The number of aliphatic hydroxyl groups excluding tert-OH is 1. The minimum absolute atomic E-state index is 0.00265. The Morgan fingerprint density at radius 1 is 1.31 bits per heavy atom. The first-order valence-electron chi connectivity index (χ1n) is 11.9. The second-order valence-corrected chi connectivity index (χ2v) is 9.39. The topological polar surface area (TPSA) is 112 Å². The molecule has 3 heterocycles. The van der Waals surface area contributed by atoms with E-state index in [9.17, 15) is 19.8 Å². The number of aliphatic carboxylic acids is 1. The summed E-state index contributed by atoms with van der Waals surface area (Å²) in [6.07, 6.45) is 7.34. The minimum Gasteiger partial charge on any atom is -0.477 e. The predicted octanol–water partition coefficient (Wildman–Crippen LogP) is 3.36. The molecule has 5 rings (SSSR count). The van der Waals surface area contributed by atoms with Crippen molar-refractivity contribution in [1.29, 1.82) is 0 Å².